The molecule has 0 atom stereocenters. The second-order valence-corrected chi connectivity index (χ2v) is 7.70. The molecule has 0 saturated carbocycles. The minimum absolute atomic E-state index is 0.0983. The van der Waals surface area contributed by atoms with Crippen LogP contribution >= 0.6 is 12.6 Å². The molecule has 0 N–H and O–H groups in total. The number of rotatable bonds is 15. The lowest BCUT2D eigenvalue weighted by Crippen LogP contribution is -2.45. The fraction of sp³-hybridized carbons (Fsp3) is 1.00. The van der Waals surface area contributed by atoms with Crippen molar-refractivity contribution in [1.82, 2.24) is 0 Å². The molecule has 1 fully saturated rings. The van der Waals surface area contributed by atoms with Crippen molar-refractivity contribution in [3.8, 4) is 0 Å². The first-order valence-corrected chi connectivity index (χ1v) is 10.8. The van der Waals surface area contributed by atoms with Crippen LogP contribution in [0.3, 0.4) is 0 Å². The summed E-state index contributed by atoms with van der Waals surface area (Å²) in [5, 5.41) is 0. The first kappa shape index (κ1) is 22.3. The van der Waals surface area contributed by atoms with Crippen LogP contribution in [-0.2, 0) is 14.2 Å². The van der Waals surface area contributed by atoms with Crippen LogP contribution in [0.5, 0.6) is 0 Å². The van der Waals surface area contributed by atoms with Crippen LogP contribution < -0.4 is 0 Å². The smallest absolute Gasteiger partial charge is 0.165 e. The molecule has 144 valence electrons. The molecule has 0 aromatic heterocycles. The van der Waals surface area contributed by atoms with Crippen LogP contribution in [-0.4, -0.2) is 37.5 Å². The Hall–Kier alpha value is 0.230. The van der Waals surface area contributed by atoms with Gasteiger partial charge in [-0.2, -0.15) is 12.6 Å². The van der Waals surface area contributed by atoms with E-state index in [1.54, 1.807) is 0 Å². The zero-order valence-electron chi connectivity index (χ0n) is 16.1. The van der Waals surface area contributed by atoms with Crippen LogP contribution in [0.2, 0.25) is 0 Å². The highest BCUT2D eigenvalue weighted by molar-refractivity contribution is 7.80. The Labute approximate surface area is 155 Å². The second-order valence-electron chi connectivity index (χ2n) is 7.26. The van der Waals surface area contributed by atoms with Gasteiger partial charge in [0.05, 0.1) is 13.2 Å². The van der Waals surface area contributed by atoms with Gasteiger partial charge in [-0.15, -0.1) is 0 Å². The highest BCUT2D eigenvalue weighted by Crippen LogP contribution is 2.26. The highest BCUT2D eigenvalue weighted by Gasteiger charge is 2.32. The Balaban J connectivity index is 1.96. The molecule has 24 heavy (non-hydrogen) atoms. The van der Waals surface area contributed by atoms with Gasteiger partial charge in [-0.25, -0.2) is 0 Å². The molecule has 1 aliphatic rings. The zero-order chi connectivity index (χ0) is 17.5. The van der Waals surface area contributed by atoms with E-state index < -0.39 is 5.79 Å². The molecule has 1 heterocycles. The van der Waals surface area contributed by atoms with E-state index in [0.717, 1.165) is 31.6 Å². The van der Waals surface area contributed by atoms with Crippen molar-refractivity contribution in [1.29, 1.82) is 0 Å². The van der Waals surface area contributed by atoms with Crippen molar-refractivity contribution in [2.75, 3.05) is 25.6 Å². The summed E-state index contributed by atoms with van der Waals surface area (Å²) in [4.78, 5) is 0. The molecule has 3 nitrogen and oxygen atoms in total. The molecule has 1 saturated heterocycles. The van der Waals surface area contributed by atoms with Gasteiger partial charge in [-0.1, -0.05) is 58.3 Å². The van der Waals surface area contributed by atoms with Crippen LogP contribution in [0, 0.1) is 0 Å². The molecule has 4 heteroatoms. The summed E-state index contributed by atoms with van der Waals surface area (Å²) >= 11 is 4.21. The summed E-state index contributed by atoms with van der Waals surface area (Å²) in [5.74, 6) is 0.532. The van der Waals surface area contributed by atoms with Gasteiger partial charge in [-0.3, -0.25) is 0 Å². The molecule has 0 spiro atoms. The van der Waals surface area contributed by atoms with Crippen LogP contribution in [0.1, 0.15) is 90.9 Å². The third kappa shape index (κ3) is 11.0. The molecule has 1 rings (SSSR count). The van der Waals surface area contributed by atoms with E-state index in [-0.39, 0.29) is 6.10 Å². The van der Waals surface area contributed by atoms with Gasteiger partial charge in [0.15, 0.2) is 5.79 Å². The van der Waals surface area contributed by atoms with E-state index in [4.69, 9.17) is 14.2 Å². The number of thiol groups is 1. The van der Waals surface area contributed by atoms with E-state index in [2.05, 4.69) is 26.5 Å². The van der Waals surface area contributed by atoms with Gasteiger partial charge < -0.3 is 14.2 Å². The van der Waals surface area contributed by atoms with Crippen molar-refractivity contribution in [3.63, 3.8) is 0 Å². The van der Waals surface area contributed by atoms with Crippen LogP contribution in [0.25, 0.3) is 0 Å². The number of unbranched alkanes of at least 4 members (excludes halogenated alkanes) is 9. The topological polar surface area (TPSA) is 27.7 Å². The normalized spacial score (nSPS) is 24.4. The lowest BCUT2D eigenvalue weighted by Gasteiger charge is -2.37. The summed E-state index contributed by atoms with van der Waals surface area (Å²) in [6.07, 6.45) is 15.4. The van der Waals surface area contributed by atoms with Gasteiger partial charge in [0.2, 0.25) is 0 Å². The molecular weight excluding hydrogens is 320 g/mol. The third-order valence-electron chi connectivity index (χ3n) is 4.79. The molecular formula is C20H40O3S. The molecule has 0 aliphatic carbocycles. The first-order valence-electron chi connectivity index (χ1n) is 10.2. The zero-order valence-corrected chi connectivity index (χ0v) is 17.0. The van der Waals surface area contributed by atoms with Gasteiger partial charge in [0, 0.05) is 13.0 Å². The number of ether oxygens (including phenoxy) is 3. The summed E-state index contributed by atoms with van der Waals surface area (Å²) in [5.41, 5.74) is 0. The van der Waals surface area contributed by atoms with Gasteiger partial charge in [0.1, 0.15) is 6.10 Å². The fourth-order valence-electron chi connectivity index (χ4n) is 3.09. The van der Waals surface area contributed by atoms with Crippen molar-refractivity contribution in [2.24, 2.45) is 0 Å². The molecule has 0 aromatic carbocycles. The SMILES string of the molecule is CCCCCCCCCCCC1(C)OCC(OCCCCS)CO1. The third-order valence-corrected chi connectivity index (χ3v) is 5.11. The Morgan fingerprint density at radius 2 is 1.46 bits per heavy atom. The van der Waals surface area contributed by atoms with E-state index >= 15 is 0 Å². The van der Waals surface area contributed by atoms with E-state index in [1.165, 1.54) is 57.8 Å². The largest absolute Gasteiger partial charge is 0.373 e. The average Bonchev–Trinajstić information content (AvgIpc) is 2.59. The monoisotopic (exact) mass is 360 g/mol. The lowest BCUT2D eigenvalue weighted by molar-refractivity contribution is -0.291. The lowest BCUT2D eigenvalue weighted by atomic mass is 10.0. The Morgan fingerprint density at radius 1 is 0.875 bits per heavy atom. The predicted molar refractivity (Wildman–Crippen MR) is 105 cm³/mol. The maximum absolute atomic E-state index is 5.94. The van der Waals surface area contributed by atoms with Crippen molar-refractivity contribution < 1.29 is 14.2 Å². The predicted octanol–water partition coefficient (Wildman–Crippen LogP) is 5.77. The molecule has 0 unspecified atom stereocenters. The Kier molecular flexibility index (Phi) is 13.4. The van der Waals surface area contributed by atoms with Crippen molar-refractivity contribution >= 4 is 12.6 Å². The summed E-state index contributed by atoms with van der Waals surface area (Å²) < 4.78 is 17.7. The molecule has 0 amide bonds. The molecule has 0 bridgehead atoms. The minimum Gasteiger partial charge on any atom is -0.373 e. The van der Waals surface area contributed by atoms with Gasteiger partial charge in [0.25, 0.3) is 0 Å². The second kappa shape index (κ2) is 14.4. The van der Waals surface area contributed by atoms with E-state index in [1.807, 2.05) is 0 Å². The summed E-state index contributed by atoms with van der Waals surface area (Å²) in [6.45, 7) is 6.46. The van der Waals surface area contributed by atoms with Crippen molar-refractivity contribution in [3.05, 3.63) is 0 Å². The van der Waals surface area contributed by atoms with E-state index in [9.17, 15) is 0 Å². The number of hydrogen-bond acceptors (Lipinski definition) is 4. The number of hydrogen-bond donors (Lipinski definition) is 1. The van der Waals surface area contributed by atoms with Crippen LogP contribution in [0.4, 0.5) is 0 Å². The highest BCUT2D eigenvalue weighted by atomic mass is 32.1. The molecule has 0 radical (unpaired) electrons. The maximum atomic E-state index is 5.94. The molecule has 0 aromatic rings. The Morgan fingerprint density at radius 3 is 2.04 bits per heavy atom. The quantitative estimate of drug-likeness (QED) is 0.297. The summed E-state index contributed by atoms with van der Waals surface area (Å²) in [6, 6.07) is 0. The maximum Gasteiger partial charge on any atom is 0.165 e. The van der Waals surface area contributed by atoms with Gasteiger partial charge >= 0.3 is 0 Å². The average molecular weight is 361 g/mol. The van der Waals surface area contributed by atoms with Gasteiger partial charge in [-0.05, 0) is 31.9 Å². The minimum atomic E-state index is -0.397. The molecule has 1 aliphatic heterocycles. The Bertz CT molecular complexity index is 278. The van der Waals surface area contributed by atoms with Crippen molar-refractivity contribution in [2.45, 2.75) is 103 Å². The first-order chi connectivity index (χ1) is 11.7. The van der Waals surface area contributed by atoms with E-state index in [0.29, 0.717) is 13.2 Å². The fourth-order valence-corrected chi connectivity index (χ4v) is 3.31. The standard InChI is InChI=1S/C20H40O3S/c1-3-4-5-6-7-8-9-10-11-14-20(2)22-17-19(18-23-20)21-15-12-13-16-24/h19,24H,3-18H2,1-2H3. The summed E-state index contributed by atoms with van der Waals surface area (Å²) in [7, 11) is 0. The van der Waals surface area contributed by atoms with Crippen LogP contribution in [0.15, 0.2) is 0 Å².